The molecule has 2 aliphatic rings. The van der Waals surface area contributed by atoms with E-state index in [1.165, 1.54) is 0 Å². The van der Waals surface area contributed by atoms with E-state index in [2.05, 4.69) is 18.8 Å². The molecule has 0 aromatic rings. The van der Waals surface area contributed by atoms with Gasteiger partial charge in [-0.1, -0.05) is 13.0 Å². The highest BCUT2D eigenvalue weighted by atomic mass is 16.2. The minimum Gasteiger partial charge on any atom is -0.340 e. The van der Waals surface area contributed by atoms with Gasteiger partial charge in [-0.05, 0) is 38.5 Å². The van der Waals surface area contributed by atoms with Gasteiger partial charge in [0.15, 0.2) is 0 Å². The Labute approximate surface area is 133 Å². The molecule has 5 nitrogen and oxygen atoms in total. The molecule has 0 bridgehead atoms. The Kier molecular flexibility index (Phi) is 6.28. The Morgan fingerprint density at radius 1 is 1.36 bits per heavy atom. The van der Waals surface area contributed by atoms with E-state index >= 15 is 0 Å². The predicted octanol–water partition coefficient (Wildman–Crippen LogP) is 2.53. The molecule has 0 aromatic heterocycles. The maximum absolute atomic E-state index is 12.3. The number of piperidine rings is 2. The number of likely N-dealkylation sites (tertiary alicyclic amines) is 2. The number of nitrogens with one attached hydrogen (secondary N) is 1. The average molecular weight is 307 g/mol. The van der Waals surface area contributed by atoms with Crippen molar-refractivity contribution in [3.63, 3.8) is 0 Å². The zero-order valence-corrected chi connectivity index (χ0v) is 13.7. The normalized spacial score (nSPS) is 21.6. The molecule has 2 heterocycles. The molecule has 0 aliphatic carbocycles. The van der Waals surface area contributed by atoms with E-state index in [1.807, 2.05) is 15.9 Å². The number of hydrogen-bond donors (Lipinski definition) is 1. The highest BCUT2D eigenvalue weighted by molar-refractivity contribution is 5.77. The van der Waals surface area contributed by atoms with Gasteiger partial charge in [-0.15, -0.1) is 6.58 Å². The zero-order valence-electron chi connectivity index (χ0n) is 13.7. The minimum absolute atomic E-state index is 0.0251. The van der Waals surface area contributed by atoms with Crippen LogP contribution >= 0.6 is 0 Å². The summed E-state index contributed by atoms with van der Waals surface area (Å²) in [5.41, 5.74) is 0. The fourth-order valence-corrected chi connectivity index (χ4v) is 3.39. The van der Waals surface area contributed by atoms with Crippen LogP contribution in [0.1, 0.15) is 51.9 Å². The molecule has 0 saturated carbocycles. The predicted molar refractivity (Wildman–Crippen MR) is 87.6 cm³/mol. The number of carbonyl (C=O) groups excluding carboxylic acids is 2. The Bertz CT molecular complexity index is 403. The first-order chi connectivity index (χ1) is 10.7. The number of carbonyl (C=O) groups is 2. The van der Waals surface area contributed by atoms with E-state index in [0.717, 1.165) is 58.2 Å². The van der Waals surface area contributed by atoms with Crippen molar-refractivity contribution in [2.45, 2.75) is 64.0 Å². The Hall–Kier alpha value is -1.52. The van der Waals surface area contributed by atoms with Gasteiger partial charge < -0.3 is 15.1 Å². The third-order valence-electron chi connectivity index (χ3n) is 4.82. The van der Waals surface area contributed by atoms with E-state index in [9.17, 15) is 9.59 Å². The summed E-state index contributed by atoms with van der Waals surface area (Å²) in [6, 6.07) is 0.524. The Balaban J connectivity index is 1.79. The molecule has 124 valence electrons. The molecule has 0 unspecified atom stereocenters. The van der Waals surface area contributed by atoms with Crippen LogP contribution in [-0.2, 0) is 4.79 Å². The molecule has 1 atom stereocenters. The zero-order chi connectivity index (χ0) is 15.9. The second-order valence-corrected chi connectivity index (χ2v) is 6.34. The molecular formula is C17H29N3O2. The van der Waals surface area contributed by atoms with Crippen LogP contribution < -0.4 is 5.32 Å². The van der Waals surface area contributed by atoms with Crippen LogP contribution in [-0.4, -0.2) is 53.5 Å². The van der Waals surface area contributed by atoms with Crippen molar-refractivity contribution in [1.29, 1.82) is 0 Å². The van der Waals surface area contributed by atoms with Crippen molar-refractivity contribution in [3.8, 4) is 0 Å². The number of urea groups is 1. The first kappa shape index (κ1) is 16.8. The molecule has 22 heavy (non-hydrogen) atoms. The van der Waals surface area contributed by atoms with Gasteiger partial charge in [0.2, 0.25) is 5.91 Å². The molecule has 0 radical (unpaired) electrons. The maximum Gasteiger partial charge on any atom is 0.317 e. The summed E-state index contributed by atoms with van der Waals surface area (Å²) in [6.07, 6.45) is 8.21. The SMILES string of the molecule is C=CC[C@@H](CC)NC(=O)N1CCC(N2CCCCC2=O)CC1. The van der Waals surface area contributed by atoms with Crippen molar-refractivity contribution in [2.24, 2.45) is 0 Å². The Morgan fingerprint density at radius 2 is 2.09 bits per heavy atom. The number of rotatable bonds is 5. The lowest BCUT2D eigenvalue weighted by Gasteiger charge is -2.40. The fraction of sp³-hybridized carbons (Fsp3) is 0.765. The fourth-order valence-electron chi connectivity index (χ4n) is 3.39. The van der Waals surface area contributed by atoms with Crippen LogP contribution in [0.3, 0.4) is 0 Å². The van der Waals surface area contributed by atoms with Gasteiger partial charge in [-0.2, -0.15) is 0 Å². The largest absolute Gasteiger partial charge is 0.340 e. The van der Waals surface area contributed by atoms with Gasteiger partial charge >= 0.3 is 6.03 Å². The van der Waals surface area contributed by atoms with Crippen molar-refractivity contribution >= 4 is 11.9 Å². The van der Waals surface area contributed by atoms with Crippen LogP contribution in [0.5, 0.6) is 0 Å². The van der Waals surface area contributed by atoms with E-state index in [4.69, 9.17) is 0 Å². The van der Waals surface area contributed by atoms with Crippen LogP contribution in [0.4, 0.5) is 4.79 Å². The molecule has 2 aliphatic heterocycles. The highest BCUT2D eigenvalue weighted by Crippen LogP contribution is 2.21. The first-order valence-electron chi connectivity index (χ1n) is 8.61. The topological polar surface area (TPSA) is 52.7 Å². The van der Waals surface area contributed by atoms with Gasteiger partial charge in [0, 0.05) is 38.1 Å². The van der Waals surface area contributed by atoms with E-state index < -0.39 is 0 Å². The summed E-state index contributed by atoms with van der Waals surface area (Å²) in [6.45, 7) is 8.18. The van der Waals surface area contributed by atoms with Crippen LogP contribution in [0.2, 0.25) is 0 Å². The molecule has 0 spiro atoms. The number of nitrogens with zero attached hydrogens (tertiary/aromatic N) is 2. The van der Waals surface area contributed by atoms with Gasteiger partial charge in [-0.25, -0.2) is 4.79 Å². The quantitative estimate of drug-likeness (QED) is 0.794. The van der Waals surface area contributed by atoms with Crippen LogP contribution in [0, 0.1) is 0 Å². The molecular weight excluding hydrogens is 278 g/mol. The molecule has 2 fully saturated rings. The van der Waals surface area contributed by atoms with E-state index in [1.54, 1.807) is 0 Å². The van der Waals surface area contributed by atoms with Gasteiger partial charge in [0.05, 0.1) is 0 Å². The van der Waals surface area contributed by atoms with E-state index in [-0.39, 0.29) is 12.1 Å². The van der Waals surface area contributed by atoms with Crippen LogP contribution in [0.15, 0.2) is 12.7 Å². The molecule has 1 N–H and O–H groups in total. The smallest absolute Gasteiger partial charge is 0.317 e. The molecule has 2 rings (SSSR count). The van der Waals surface area contributed by atoms with Crippen LogP contribution in [0.25, 0.3) is 0 Å². The summed E-state index contributed by atoms with van der Waals surface area (Å²) < 4.78 is 0. The van der Waals surface area contributed by atoms with Gasteiger partial charge in [0.1, 0.15) is 0 Å². The minimum atomic E-state index is 0.0251. The summed E-state index contributed by atoms with van der Waals surface area (Å²) in [5, 5.41) is 3.08. The number of hydrogen-bond acceptors (Lipinski definition) is 2. The summed E-state index contributed by atoms with van der Waals surface area (Å²) in [5.74, 6) is 0.297. The lowest BCUT2D eigenvalue weighted by atomic mass is 9.99. The third kappa shape index (κ3) is 4.24. The molecule has 0 aromatic carbocycles. The van der Waals surface area contributed by atoms with Crippen molar-refractivity contribution in [3.05, 3.63) is 12.7 Å². The highest BCUT2D eigenvalue weighted by Gasteiger charge is 2.30. The van der Waals surface area contributed by atoms with E-state index in [0.29, 0.717) is 18.4 Å². The van der Waals surface area contributed by atoms with Gasteiger partial charge in [-0.3, -0.25) is 4.79 Å². The summed E-state index contributed by atoms with van der Waals surface area (Å²) in [4.78, 5) is 28.2. The molecule has 3 amide bonds. The molecule has 2 saturated heterocycles. The second-order valence-electron chi connectivity index (χ2n) is 6.34. The summed E-state index contributed by atoms with van der Waals surface area (Å²) >= 11 is 0. The number of amides is 3. The van der Waals surface area contributed by atoms with Crippen molar-refractivity contribution in [2.75, 3.05) is 19.6 Å². The molecule has 5 heteroatoms. The van der Waals surface area contributed by atoms with Crippen molar-refractivity contribution < 1.29 is 9.59 Å². The maximum atomic E-state index is 12.3. The third-order valence-corrected chi connectivity index (χ3v) is 4.82. The summed E-state index contributed by atoms with van der Waals surface area (Å²) in [7, 11) is 0. The Morgan fingerprint density at radius 3 is 2.68 bits per heavy atom. The second kappa shape index (κ2) is 8.20. The average Bonchev–Trinajstić information content (AvgIpc) is 2.55. The monoisotopic (exact) mass is 307 g/mol. The standard InChI is InChI=1S/C17H29N3O2/c1-3-7-14(4-2)18-17(22)19-12-9-15(10-13-19)20-11-6-5-8-16(20)21/h3,14-15H,1,4-13H2,2H3,(H,18,22)/t14-/m1/s1. The lowest BCUT2D eigenvalue weighted by Crippen LogP contribution is -2.53. The van der Waals surface area contributed by atoms with Gasteiger partial charge in [0.25, 0.3) is 0 Å². The van der Waals surface area contributed by atoms with Crippen molar-refractivity contribution in [1.82, 2.24) is 15.1 Å². The lowest BCUT2D eigenvalue weighted by molar-refractivity contribution is -0.136. The first-order valence-corrected chi connectivity index (χ1v) is 8.61.